The minimum absolute atomic E-state index is 0.0483. The molecule has 1 aliphatic rings. The first-order valence-corrected chi connectivity index (χ1v) is 6.95. The number of amides is 1. The molecule has 0 radical (unpaired) electrons. The highest BCUT2D eigenvalue weighted by molar-refractivity contribution is 5.91. The predicted molar refractivity (Wildman–Crippen MR) is 78.4 cm³/mol. The van der Waals surface area contributed by atoms with E-state index in [1.807, 2.05) is 0 Å². The Hall–Kier alpha value is -1.75. The zero-order chi connectivity index (χ0) is 14.4. The van der Waals surface area contributed by atoms with Gasteiger partial charge in [-0.15, -0.1) is 0 Å². The summed E-state index contributed by atoms with van der Waals surface area (Å²) in [5, 5.41) is 6.22. The van der Waals surface area contributed by atoms with E-state index in [0.29, 0.717) is 29.5 Å². The Morgan fingerprint density at radius 1 is 1.20 bits per heavy atom. The van der Waals surface area contributed by atoms with Gasteiger partial charge >= 0.3 is 0 Å². The average molecular weight is 278 g/mol. The van der Waals surface area contributed by atoms with Gasteiger partial charge in [0.1, 0.15) is 11.5 Å². The van der Waals surface area contributed by atoms with Crippen LogP contribution in [-0.2, 0) is 4.79 Å². The predicted octanol–water partition coefficient (Wildman–Crippen LogP) is 2.03. The Kier molecular flexibility index (Phi) is 5.24. The van der Waals surface area contributed by atoms with Gasteiger partial charge in [-0.05, 0) is 31.8 Å². The number of hydrogen-bond donors (Lipinski definition) is 2. The Labute approximate surface area is 119 Å². The highest BCUT2D eigenvalue weighted by atomic mass is 16.5. The maximum atomic E-state index is 12.1. The van der Waals surface area contributed by atoms with Gasteiger partial charge in [-0.1, -0.05) is 0 Å². The van der Waals surface area contributed by atoms with Crippen molar-refractivity contribution in [2.24, 2.45) is 5.92 Å². The van der Waals surface area contributed by atoms with Crippen molar-refractivity contribution >= 4 is 11.6 Å². The van der Waals surface area contributed by atoms with Crippen molar-refractivity contribution < 1.29 is 14.3 Å². The SMILES string of the molecule is COc1cc(NC(=O)CC2CCNCC2)cc(OC)c1. The summed E-state index contributed by atoms with van der Waals surface area (Å²) < 4.78 is 10.4. The van der Waals surface area contributed by atoms with Crippen molar-refractivity contribution in [2.75, 3.05) is 32.6 Å². The second-order valence-corrected chi connectivity index (χ2v) is 5.05. The molecule has 5 nitrogen and oxygen atoms in total. The largest absolute Gasteiger partial charge is 0.497 e. The number of methoxy groups -OCH3 is 2. The zero-order valence-electron chi connectivity index (χ0n) is 12.1. The zero-order valence-corrected chi connectivity index (χ0v) is 12.1. The third-order valence-corrected chi connectivity index (χ3v) is 3.57. The Balaban J connectivity index is 1.95. The Morgan fingerprint density at radius 2 is 1.80 bits per heavy atom. The second-order valence-electron chi connectivity index (χ2n) is 5.05. The molecule has 0 unspecified atom stereocenters. The molecule has 1 aliphatic heterocycles. The maximum absolute atomic E-state index is 12.1. The van der Waals surface area contributed by atoms with Gasteiger partial charge in [0.2, 0.25) is 5.91 Å². The molecule has 0 aromatic heterocycles. The van der Waals surface area contributed by atoms with E-state index < -0.39 is 0 Å². The molecule has 1 aromatic rings. The number of ether oxygens (including phenoxy) is 2. The third kappa shape index (κ3) is 4.13. The molecule has 1 fully saturated rings. The highest BCUT2D eigenvalue weighted by Gasteiger charge is 2.17. The van der Waals surface area contributed by atoms with E-state index in [2.05, 4.69) is 10.6 Å². The number of carbonyl (C=O) groups is 1. The van der Waals surface area contributed by atoms with Gasteiger partial charge in [-0.25, -0.2) is 0 Å². The van der Waals surface area contributed by atoms with Crippen molar-refractivity contribution in [3.8, 4) is 11.5 Å². The van der Waals surface area contributed by atoms with Crippen molar-refractivity contribution in [2.45, 2.75) is 19.3 Å². The molecule has 0 aliphatic carbocycles. The molecule has 2 N–H and O–H groups in total. The van der Waals surface area contributed by atoms with Gasteiger partial charge in [0.25, 0.3) is 0 Å². The normalized spacial score (nSPS) is 15.7. The van der Waals surface area contributed by atoms with Crippen LogP contribution < -0.4 is 20.1 Å². The number of rotatable bonds is 5. The molecule has 0 spiro atoms. The van der Waals surface area contributed by atoms with E-state index in [1.54, 1.807) is 32.4 Å². The van der Waals surface area contributed by atoms with E-state index in [1.165, 1.54) is 0 Å². The molecular formula is C15H22N2O3. The first-order chi connectivity index (χ1) is 9.71. The molecule has 1 heterocycles. The topological polar surface area (TPSA) is 59.6 Å². The highest BCUT2D eigenvalue weighted by Crippen LogP contribution is 2.26. The number of hydrogen-bond acceptors (Lipinski definition) is 4. The second kappa shape index (κ2) is 7.14. The molecule has 0 bridgehead atoms. The van der Waals surface area contributed by atoms with E-state index in [9.17, 15) is 4.79 Å². The Bertz CT molecular complexity index is 434. The van der Waals surface area contributed by atoms with Crippen LogP contribution in [0.2, 0.25) is 0 Å². The molecular weight excluding hydrogens is 256 g/mol. The number of piperidine rings is 1. The molecule has 2 rings (SSSR count). The number of benzene rings is 1. The summed E-state index contributed by atoms with van der Waals surface area (Å²) in [6, 6.07) is 5.37. The monoisotopic (exact) mass is 278 g/mol. The fourth-order valence-electron chi connectivity index (χ4n) is 2.44. The standard InChI is InChI=1S/C15H22N2O3/c1-19-13-8-12(9-14(10-13)20-2)17-15(18)7-11-3-5-16-6-4-11/h8-11,16H,3-7H2,1-2H3,(H,17,18). The lowest BCUT2D eigenvalue weighted by Crippen LogP contribution is -2.30. The first-order valence-electron chi connectivity index (χ1n) is 6.95. The maximum Gasteiger partial charge on any atom is 0.224 e. The fraction of sp³-hybridized carbons (Fsp3) is 0.533. The summed E-state index contributed by atoms with van der Waals surface area (Å²) in [5.41, 5.74) is 0.708. The number of carbonyl (C=O) groups excluding carboxylic acids is 1. The van der Waals surface area contributed by atoms with Gasteiger partial charge < -0.3 is 20.1 Å². The molecule has 0 atom stereocenters. The molecule has 0 saturated carbocycles. The van der Waals surface area contributed by atoms with Crippen LogP contribution in [0.1, 0.15) is 19.3 Å². The lowest BCUT2D eigenvalue weighted by molar-refractivity contribution is -0.117. The summed E-state index contributed by atoms with van der Waals surface area (Å²) in [7, 11) is 3.19. The minimum atomic E-state index is 0.0483. The van der Waals surface area contributed by atoms with Crippen LogP contribution >= 0.6 is 0 Å². The van der Waals surface area contributed by atoms with Crippen LogP contribution in [-0.4, -0.2) is 33.2 Å². The molecule has 1 amide bonds. The van der Waals surface area contributed by atoms with Crippen LogP contribution in [0.5, 0.6) is 11.5 Å². The molecule has 1 aromatic carbocycles. The van der Waals surface area contributed by atoms with Crippen molar-refractivity contribution in [1.29, 1.82) is 0 Å². The van der Waals surface area contributed by atoms with E-state index >= 15 is 0 Å². The van der Waals surface area contributed by atoms with E-state index in [4.69, 9.17) is 9.47 Å². The van der Waals surface area contributed by atoms with Crippen LogP contribution in [0.25, 0.3) is 0 Å². The van der Waals surface area contributed by atoms with Crippen molar-refractivity contribution in [3.05, 3.63) is 18.2 Å². The first kappa shape index (κ1) is 14.7. The minimum Gasteiger partial charge on any atom is -0.497 e. The van der Waals surface area contributed by atoms with E-state index in [0.717, 1.165) is 25.9 Å². The van der Waals surface area contributed by atoms with Crippen LogP contribution in [0.15, 0.2) is 18.2 Å². The summed E-state index contributed by atoms with van der Waals surface area (Å²) in [6.45, 7) is 2.01. The van der Waals surface area contributed by atoms with Crippen LogP contribution in [0.4, 0.5) is 5.69 Å². The summed E-state index contributed by atoms with van der Waals surface area (Å²) in [6.07, 6.45) is 2.70. The average Bonchev–Trinajstić information content (AvgIpc) is 2.47. The summed E-state index contributed by atoms with van der Waals surface area (Å²) in [5.74, 6) is 1.86. The van der Waals surface area contributed by atoms with Gasteiger partial charge in [-0.2, -0.15) is 0 Å². The lowest BCUT2D eigenvalue weighted by Gasteiger charge is -2.22. The Morgan fingerprint density at radius 3 is 2.35 bits per heavy atom. The molecule has 110 valence electrons. The van der Waals surface area contributed by atoms with E-state index in [-0.39, 0.29) is 5.91 Å². The lowest BCUT2D eigenvalue weighted by atomic mass is 9.94. The smallest absolute Gasteiger partial charge is 0.224 e. The number of nitrogens with one attached hydrogen (secondary N) is 2. The van der Waals surface area contributed by atoms with Gasteiger partial charge in [0, 0.05) is 30.3 Å². The van der Waals surface area contributed by atoms with Crippen molar-refractivity contribution in [1.82, 2.24) is 5.32 Å². The third-order valence-electron chi connectivity index (χ3n) is 3.57. The van der Waals surface area contributed by atoms with Crippen LogP contribution in [0, 0.1) is 5.92 Å². The summed E-state index contributed by atoms with van der Waals surface area (Å²) in [4.78, 5) is 12.1. The fourth-order valence-corrected chi connectivity index (χ4v) is 2.44. The molecule has 5 heteroatoms. The van der Waals surface area contributed by atoms with Gasteiger partial charge in [0.15, 0.2) is 0 Å². The quantitative estimate of drug-likeness (QED) is 0.865. The van der Waals surface area contributed by atoms with Crippen LogP contribution in [0.3, 0.4) is 0 Å². The summed E-state index contributed by atoms with van der Waals surface area (Å²) >= 11 is 0. The molecule has 1 saturated heterocycles. The van der Waals surface area contributed by atoms with Gasteiger partial charge in [0.05, 0.1) is 14.2 Å². The van der Waals surface area contributed by atoms with Gasteiger partial charge in [-0.3, -0.25) is 4.79 Å². The molecule has 20 heavy (non-hydrogen) atoms. The number of anilines is 1. The van der Waals surface area contributed by atoms with Crippen molar-refractivity contribution in [3.63, 3.8) is 0 Å².